The van der Waals surface area contributed by atoms with Gasteiger partial charge in [0.1, 0.15) is 17.8 Å². The van der Waals surface area contributed by atoms with Gasteiger partial charge < -0.3 is 15.3 Å². The Bertz CT molecular complexity index is 1250. The largest absolute Gasteiger partial charge is 0.396 e. The Morgan fingerprint density at radius 2 is 1.94 bits per heavy atom. The molecule has 2 N–H and O–H groups in total. The van der Waals surface area contributed by atoms with Crippen molar-refractivity contribution in [2.75, 3.05) is 20.2 Å². The van der Waals surface area contributed by atoms with Crippen LogP contribution in [0.4, 0.5) is 0 Å². The number of carbonyl (C=O) groups excluding carboxylic acids is 2. The molecule has 0 bridgehead atoms. The number of fused-ring (bicyclic) bond motifs is 1. The molecule has 2 aromatic heterocycles. The van der Waals surface area contributed by atoms with E-state index in [4.69, 9.17) is 0 Å². The summed E-state index contributed by atoms with van der Waals surface area (Å²) in [4.78, 5) is 44.9. The third-order valence-electron chi connectivity index (χ3n) is 6.25. The lowest BCUT2D eigenvalue weighted by atomic mass is 10.1. The zero-order chi connectivity index (χ0) is 23.6. The van der Waals surface area contributed by atoms with E-state index >= 15 is 0 Å². The van der Waals surface area contributed by atoms with Crippen molar-refractivity contribution < 1.29 is 14.7 Å². The van der Waals surface area contributed by atoms with Gasteiger partial charge in [0.2, 0.25) is 5.91 Å². The zero-order valence-electron chi connectivity index (χ0n) is 18.9. The van der Waals surface area contributed by atoms with Gasteiger partial charge in [-0.05, 0) is 43.5 Å². The third-order valence-corrected chi connectivity index (χ3v) is 6.25. The average Bonchev–Trinajstić information content (AvgIpc) is 3.59. The standard InChI is InChI=1S/C25H28N4O4/c1-17-5-7-18(8-6-17)13-27-23(32)20-12-19-4-3-11-26-22(19)29(24(20)33)14-21(31)28(2)15-25(16-30)9-10-25/h3-8,11-12,30H,9-10,13-16H2,1-2H3,(H,27,32). The Labute approximate surface area is 191 Å². The molecular formula is C25H28N4O4. The number of likely N-dealkylation sites (N-methyl/N-ethyl adjacent to an activating group) is 1. The van der Waals surface area contributed by atoms with Gasteiger partial charge in [0.25, 0.3) is 11.5 Å². The Hall–Kier alpha value is -3.52. The molecule has 1 saturated carbocycles. The molecule has 0 atom stereocenters. The first-order chi connectivity index (χ1) is 15.8. The van der Waals surface area contributed by atoms with Crippen molar-refractivity contribution in [3.05, 3.63) is 75.7 Å². The molecule has 4 rings (SSSR count). The van der Waals surface area contributed by atoms with Gasteiger partial charge in [-0.3, -0.25) is 19.0 Å². The molecule has 1 aliphatic carbocycles. The summed E-state index contributed by atoms with van der Waals surface area (Å²) in [6.45, 7) is 2.50. The minimum absolute atomic E-state index is 0.0334. The van der Waals surface area contributed by atoms with Crippen molar-refractivity contribution >= 4 is 22.8 Å². The Kier molecular flexibility index (Phi) is 6.29. The number of rotatable bonds is 8. The summed E-state index contributed by atoms with van der Waals surface area (Å²) in [7, 11) is 1.66. The second-order valence-corrected chi connectivity index (χ2v) is 8.94. The quantitative estimate of drug-likeness (QED) is 0.547. The summed E-state index contributed by atoms with van der Waals surface area (Å²) in [5.41, 5.74) is 1.57. The Morgan fingerprint density at radius 3 is 2.61 bits per heavy atom. The summed E-state index contributed by atoms with van der Waals surface area (Å²) in [6, 6.07) is 12.8. The number of amides is 2. The van der Waals surface area contributed by atoms with Crippen molar-refractivity contribution in [1.82, 2.24) is 19.8 Å². The van der Waals surface area contributed by atoms with Crippen LogP contribution in [-0.2, 0) is 17.9 Å². The lowest BCUT2D eigenvalue weighted by Crippen LogP contribution is -2.40. The predicted octanol–water partition coefficient (Wildman–Crippen LogP) is 1.87. The SMILES string of the molecule is Cc1ccc(CNC(=O)c2cc3cccnc3n(CC(=O)N(C)CC3(CO)CC3)c2=O)cc1. The summed E-state index contributed by atoms with van der Waals surface area (Å²) >= 11 is 0. The van der Waals surface area contributed by atoms with Crippen LogP contribution in [0.1, 0.15) is 34.3 Å². The molecule has 1 aromatic carbocycles. The fraction of sp³-hybridized carbons (Fsp3) is 0.360. The van der Waals surface area contributed by atoms with Gasteiger partial charge in [0.05, 0.1) is 6.61 Å². The van der Waals surface area contributed by atoms with Crippen molar-refractivity contribution in [1.29, 1.82) is 0 Å². The molecule has 3 aromatic rings. The fourth-order valence-electron chi connectivity index (χ4n) is 3.89. The van der Waals surface area contributed by atoms with Gasteiger partial charge in [0, 0.05) is 37.1 Å². The van der Waals surface area contributed by atoms with Gasteiger partial charge >= 0.3 is 0 Å². The topological polar surface area (TPSA) is 105 Å². The number of carbonyl (C=O) groups is 2. The maximum absolute atomic E-state index is 13.2. The lowest BCUT2D eigenvalue weighted by molar-refractivity contribution is -0.131. The van der Waals surface area contributed by atoms with Crippen LogP contribution in [0.2, 0.25) is 0 Å². The van der Waals surface area contributed by atoms with E-state index in [-0.39, 0.29) is 36.6 Å². The first-order valence-corrected chi connectivity index (χ1v) is 11.0. The van der Waals surface area contributed by atoms with Crippen LogP contribution in [-0.4, -0.2) is 51.6 Å². The Morgan fingerprint density at radius 1 is 1.21 bits per heavy atom. The minimum atomic E-state index is -0.562. The molecule has 172 valence electrons. The van der Waals surface area contributed by atoms with Crippen LogP contribution in [0.15, 0.2) is 53.5 Å². The van der Waals surface area contributed by atoms with E-state index in [0.29, 0.717) is 17.6 Å². The molecule has 8 nitrogen and oxygen atoms in total. The van der Waals surface area contributed by atoms with Crippen molar-refractivity contribution in [3.8, 4) is 0 Å². The molecule has 0 radical (unpaired) electrons. The molecule has 0 saturated heterocycles. The monoisotopic (exact) mass is 448 g/mol. The molecule has 1 aliphatic rings. The summed E-state index contributed by atoms with van der Waals surface area (Å²) in [5.74, 6) is -0.779. The van der Waals surface area contributed by atoms with Gasteiger partial charge in [-0.25, -0.2) is 4.98 Å². The number of hydrogen-bond acceptors (Lipinski definition) is 5. The van der Waals surface area contributed by atoms with E-state index in [0.717, 1.165) is 24.0 Å². The highest BCUT2D eigenvalue weighted by Gasteiger charge is 2.43. The van der Waals surface area contributed by atoms with Crippen LogP contribution in [0.25, 0.3) is 11.0 Å². The van der Waals surface area contributed by atoms with Gasteiger partial charge in [-0.2, -0.15) is 0 Å². The van der Waals surface area contributed by atoms with Crippen LogP contribution in [0.5, 0.6) is 0 Å². The molecule has 2 heterocycles. The minimum Gasteiger partial charge on any atom is -0.396 e. The number of aliphatic hydroxyl groups is 1. The number of hydrogen-bond donors (Lipinski definition) is 2. The van der Waals surface area contributed by atoms with Crippen LogP contribution < -0.4 is 10.9 Å². The van der Waals surface area contributed by atoms with E-state index in [1.807, 2.05) is 31.2 Å². The van der Waals surface area contributed by atoms with Crippen LogP contribution in [0, 0.1) is 12.3 Å². The van der Waals surface area contributed by atoms with E-state index in [1.165, 1.54) is 15.5 Å². The number of aliphatic hydroxyl groups excluding tert-OH is 1. The number of aromatic nitrogens is 2. The molecule has 1 fully saturated rings. The van der Waals surface area contributed by atoms with Crippen molar-refractivity contribution in [3.63, 3.8) is 0 Å². The van der Waals surface area contributed by atoms with Crippen molar-refractivity contribution in [2.24, 2.45) is 5.41 Å². The number of aryl methyl sites for hydroxylation is 1. The van der Waals surface area contributed by atoms with Crippen LogP contribution >= 0.6 is 0 Å². The molecule has 2 amide bonds. The summed E-state index contributed by atoms with van der Waals surface area (Å²) in [5, 5.41) is 13.0. The molecule has 0 spiro atoms. The maximum atomic E-state index is 13.2. The smallest absolute Gasteiger partial charge is 0.265 e. The molecular weight excluding hydrogens is 420 g/mol. The number of nitrogens with zero attached hydrogens (tertiary/aromatic N) is 3. The Balaban J connectivity index is 1.58. The van der Waals surface area contributed by atoms with Gasteiger partial charge in [-0.15, -0.1) is 0 Å². The van der Waals surface area contributed by atoms with E-state index in [9.17, 15) is 19.5 Å². The normalized spacial score (nSPS) is 14.2. The van der Waals surface area contributed by atoms with Gasteiger partial charge in [-0.1, -0.05) is 29.8 Å². The summed E-state index contributed by atoms with van der Waals surface area (Å²) < 4.78 is 1.26. The van der Waals surface area contributed by atoms with E-state index in [1.54, 1.807) is 25.4 Å². The highest BCUT2D eigenvalue weighted by Crippen LogP contribution is 2.45. The molecule has 8 heteroatoms. The molecule has 0 unspecified atom stereocenters. The first-order valence-electron chi connectivity index (χ1n) is 11.0. The zero-order valence-corrected chi connectivity index (χ0v) is 18.9. The average molecular weight is 449 g/mol. The second-order valence-electron chi connectivity index (χ2n) is 8.94. The van der Waals surface area contributed by atoms with Crippen molar-refractivity contribution in [2.45, 2.75) is 32.9 Å². The molecule has 33 heavy (non-hydrogen) atoms. The summed E-state index contributed by atoms with van der Waals surface area (Å²) in [6.07, 6.45) is 3.30. The third kappa shape index (κ3) is 4.96. The van der Waals surface area contributed by atoms with E-state index in [2.05, 4.69) is 10.3 Å². The highest BCUT2D eigenvalue weighted by molar-refractivity contribution is 5.97. The van der Waals surface area contributed by atoms with Crippen LogP contribution in [0.3, 0.4) is 0 Å². The lowest BCUT2D eigenvalue weighted by Gasteiger charge is -2.23. The number of pyridine rings is 2. The first kappa shape index (κ1) is 22.7. The number of nitrogens with one attached hydrogen (secondary N) is 1. The highest BCUT2D eigenvalue weighted by atomic mass is 16.3. The van der Waals surface area contributed by atoms with Gasteiger partial charge in [0.15, 0.2) is 0 Å². The maximum Gasteiger partial charge on any atom is 0.265 e. The second kappa shape index (κ2) is 9.15. The predicted molar refractivity (Wildman–Crippen MR) is 125 cm³/mol. The fourth-order valence-corrected chi connectivity index (χ4v) is 3.89. The number of benzene rings is 1. The van der Waals surface area contributed by atoms with E-state index < -0.39 is 11.5 Å². The molecule has 0 aliphatic heterocycles.